The monoisotopic (exact) mass is 260 g/mol. The van der Waals surface area contributed by atoms with Gasteiger partial charge >= 0.3 is 0 Å². The second-order valence-corrected chi connectivity index (χ2v) is 6.90. The topological polar surface area (TPSA) is 48.1 Å². The van der Waals surface area contributed by atoms with Crippen molar-refractivity contribution in [3.05, 3.63) is 24.0 Å². The van der Waals surface area contributed by atoms with Gasteiger partial charge in [-0.05, 0) is 36.7 Å². The number of pyridine rings is 1. The molecule has 1 aromatic heterocycles. The predicted molar refractivity (Wildman–Crippen MR) is 75.8 cm³/mol. The maximum absolute atomic E-state index is 6.33. The number of ether oxygens (including phenoxy) is 1. The van der Waals surface area contributed by atoms with Crippen LogP contribution < -0.4 is 10.5 Å². The van der Waals surface area contributed by atoms with Crippen LogP contribution in [0.4, 0.5) is 0 Å². The summed E-state index contributed by atoms with van der Waals surface area (Å²) in [7, 11) is 0. The van der Waals surface area contributed by atoms with E-state index in [0.717, 1.165) is 17.2 Å². The fourth-order valence-electron chi connectivity index (χ4n) is 4.15. The Bertz CT molecular complexity index is 485. The van der Waals surface area contributed by atoms with Crippen LogP contribution in [-0.2, 0) is 6.54 Å². The number of rotatable bonds is 3. The standard InChI is InChI=1S/C16H24N2O/c1-15(2)12-4-6-16(15,3)14(8-12)19-13-10-18-7-5-11(13)9-17/h5,7,10,12,14H,4,6,8-9,17H2,1-3H3. The molecule has 2 fully saturated rings. The van der Waals surface area contributed by atoms with Gasteiger partial charge in [-0.25, -0.2) is 0 Å². The second-order valence-electron chi connectivity index (χ2n) is 6.90. The second kappa shape index (κ2) is 4.20. The Balaban J connectivity index is 1.86. The molecule has 0 spiro atoms. The minimum atomic E-state index is 0.277. The molecule has 0 saturated heterocycles. The Kier molecular flexibility index (Phi) is 2.86. The van der Waals surface area contributed by atoms with Gasteiger partial charge in [-0.15, -0.1) is 0 Å². The van der Waals surface area contributed by atoms with Crippen LogP contribution in [0.3, 0.4) is 0 Å². The van der Waals surface area contributed by atoms with E-state index in [4.69, 9.17) is 10.5 Å². The molecule has 2 bridgehead atoms. The molecule has 1 heterocycles. The highest BCUT2D eigenvalue weighted by atomic mass is 16.5. The van der Waals surface area contributed by atoms with Crippen molar-refractivity contribution >= 4 is 0 Å². The first-order valence-corrected chi connectivity index (χ1v) is 7.28. The molecule has 3 heteroatoms. The molecular formula is C16H24N2O. The third kappa shape index (κ3) is 1.71. The summed E-state index contributed by atoms with van der Waals surface area (Å²) in [4.78, 5) is 4.18. The number of fused-ring (bicyclic) bond motifs is 2. The van der Waals surface area contributed by atoms with E-state index < -0.39 is 0 Å². The molecule has 19 heavy (non-hydrogen) atoms. The van der Waals surface area contributed by atoms with E-state index in [9.17, 15) is 0 Å². The average molecular weight is 260 g/mol. The minimum Gasteiger partial charge on any atom is -0.488 e. The van der Waals surface area contributed by atoms with Crippen LogP contribution >= 0.6 is 0 Å². The van der Waals surface area contributed by atoms with E-state index in [1.54, 1.807) is 6.20 Å². The summed E-state index contributed by atoms with van der Waals surface area (Å²) in [5.74, 6) is 1.67. The van der Waals surface area contributed by atoms with Gasteiger partial charge in [-0.1, -0.05) is 20.8 Å². The van der Waals surface area contributed by atoms with Gasteiger partial charge in [0, 0.05) is 23.7 Å². The van der Waals surface area contributed by atoms with E-state index in [1.165, 1.54) is 19.3 Å². The van der Waals surface area contributed by atoms with Gasteiger partial charge in [0.05, 0.1) is 6.20 Å². The quantitative estimate of drug-likeness (QED) is 0.908. The summed E-state index contributed by atoms with van der Waals surface area (Å²) in [6.07, 6.45) is 7.68. The third-order valence-corrected chi connectivity index (χ3v) is 6.07. The summed E-state index contributed by atoms with van der Waals surface area (Å²) >= 11 is 0. The molecule has 2 aliphatic carbocycles. The lowest BCUT2D eigenvalue weighted by Gasteiger charge is -2.39. The molecule has 3 nitrogen and oxygen atoms in total. The van der Waals surface area contributed by atoms with Crippen molar-refractivity contribution in [2.45, 2.75) is 52.7 Å². The Morgan fingerprint density at radius 3 is 2.79 bits per heavy atom. The van der Waals surface area contributed by atoms with Crippen LogP contribution in [0.25, 0.3) is 0 Å². The van der Waals surface area contributed by atoms with Crippen LogP contribution in [0.5, 0.6) is 5.75 Å². The van der Waals surface area contributed by atoms with Crippen molar-refractivity contribution < 1.29 is 4.74 Å². The normalized spacial score (nSPS) is 35.6. The highest BCUT2D eigenvalue weighted by Gasteiger charge is 2.62. The number of nitrogens with two attached hydrogens (primary N) is 1. The zero-order chi connectivity index (χ0) is 13.7. The zero-order valence-electron chi connectivity index (χ0n) is 12.1. The number of nitrogens with zero attached hydrogens (tertiary/aromatic N) is 1. The molecule has 2 aliphatic rings. The number of hydrogen-bond acceptors (Lipinski definition) is 3. The Morgan fingerprint density at radius 2 is 2.21 bits per heavy atom. The molecule has 1 aromatic rings. The van der Waals surface area contributed by atoms with E-state index >= 15 is 0 Å². The smallest absolute Gasteiger partial charge is 0.142 e. The zero-order valence-corrected chi connectivity index (χ0v) is 12.1. The van der Waals surface area contributed by atoms with Gasteiger partial charge in [-0.3, -0.25) is 4.98 Å². The van der Waals surface area contributed by atoms with Gasteiger partial charge in [0.1, 0.15) is 11.9 Å². The van der Waals surface area contributed by atoms with Crippen molar-refractivity contribution in [3.8, 4) is 5.75 Å². The van der Waals surface area contributed by atoms with Crippen molar-refractivity contribution in [3.63, 3.8) is 0 Å². The molecule has 0 aliphatic heterocycles. The summed E-state index contributed by atoms with van der Waals surface area (Å²) in [5.41, 5.74) is 7.49. The van der Waals surface area contributed by atoms with Crippen LogP contribution in [0.2, 0.25) is 0 Å². The molecule has 0 amide bonds. The number of hydrogen-bond donors (Lipinski definition) is 1. The largest absolute Gasteiger partial charge is 0.488 e. The highest BCUT2D eigenvalue weighted by Crippen LogP contribution is 2.66. The maximum Gasteiger partial charge on any atom is 0.142 e. The van der Waals surface area contributed by atoms with Crippen LogP contribution in [-0.4, -0.2) is 11.1 Å². The first-order valence-electron chi connectivity index (χ1n) is 7.28. The van der Waals surface area contributed by atoms with E-state index in [2.05, 4.69) is 25.8 Å². The molecule has 3 unspecified atom stereocenters. The van der Waals surface area contributed by atoms with Gasteiger partial charge in [0.15, 0.2) is 0 Å². The fourth-order valence-corrected chi connectivity index (χ4v) is 4.15. The molecule has 2 saturated carbocycles. The molecule has 104 valence electrons. The van der Waals surface area contributed by atoms with E-state index in [0.29, 0.717) is 18.1 Å². The van der Waals surface area contributed by atoms with Crippen molar-refractivity contribution in [2.24, 2.45) is 22.5 Å². The minimum absolute atomic E-state index is 0.277. The van der Waals surface area contributed by atoms with Crippen molar-refractivity contribution in [1.29, 1.82) is 0 Å². The van der Waals surface area contributed by atoms with E-state index in [-0.39, 0.29) is 5.41 Å². The lowest BCUT2D eigenvalue weighted by Crippen LogP contribution is -2.39. The SMILES string of the molecule is CC1(C)C2CCC1(C)C(Oc1cnccc1CN)C2. The van der Waals surface area contributed by atoms with Crippen LogP contribution in [0, 0.1) is 16.7 Å². The first-order chi connectivity index (χ1) is 8.99. The van der Waals surface area contributed by atoms with Gasteiger partial charge in [-0.2, -0.15) is 0 Å². The summed E-state index contributed by atoms with van der Waals surface area (Å²) in [6.45, 7) is 7.71. The molecule has 0 radical (unpaired) electrons. The van der Waals surface area contributed by atoms with Crippen molar-refractivity contribution in [2.75, 3.05) is 0 Å². The Morgan fingerprint density at radius 1 is 1.42 bits per heavy atom. The molecule has 3 atom stereocenters. The van der Waals surface area contributed by atoms with Crippen LogP contribution in [0.1, 0.15) is 45.6 Å². The highest BCUT2D eigenvalue weighted by molar-refractivity contribution is 5.30. The third-order valence-electron chi connectivity index (χ3n) is 6.07. The lowest BCUT2D eigenvalue weighted by atomic mass is 9.70. The van der Waals surface area contributed by atoms with Gasteiger partial charge in [0.2, 0.25) is 0 Å². The molecule has 3 rings (SSSR count). The van der Waals surface area contributed by atoms with Crippen LogP contribution in [0.15, 0.2) is 18.5 Å². The average Bonchev–Trinajstić information content (AvgIpc) is 2.72. The van der Waals surface area contributed by atoms with Gasteiger partial charge < -0.3 is 10.5 Å². The molecule has 2 N–H and O–H groups in total. The maximum atomic E-state index is 6.33. The lowest BCUT2D eigenvalue weighted by molar-refractivity contribution is 0.0293. The fraction of sp³-hybridized carbons (Fsp3) is 0.688. The Labute approximate surface area is 115 Å². The Hall–Kier alpha value is -1.09. The summed E-state index contributed by atoms with van der Waals surface area (Å²) in [6, 6.07) is 1.95. The molecule has 0 aromatic carbocycles. The summed E-state index contributed by atoms with van der Waals surface area (Å²) in [5, 5.41) is 0. The van der Waals surface area contributed by atoms with E-state index in [1.807, 2.05) is 12.3 Å². The van der Waals surface area contributed by atoms with Crippen molar-refractivity contribution in [1.82, 2.24) is 4.98 Å². The predicted octanol–water partition coefficient (Wildman–Crippen LogP) is 3.13. The first kappa shape index (κ1) is 12.9. The van der Waals surface area contributed by atoms with Gasteiger partial charge in [0.25, 0.3) is 0 Å². The molecular weight excluding hydrogens is 236 g/mol. The summed E-state index contributed by atoms with van der Waals surface area (Å²) < 4.78 is 6.33. The number of aromatic nitrogens is 1.